The molecule has 0 bridgehead atoms. The molecule has 0 aliphatic rings. The highest BCUT2D eigenvalue weighted by Crippen LogP contribution is 2.07. The van der Waals surface area contributed by atoms with E-state index in [0.717, 1.165) is 0 Å². The van der Waals surface area contributed by atoms with Gasteiger partial charge in [-0.15, -0.1) is 0 Å². The smallest absolute Gasteiger partial charge is 0.251 e. The first-order chi connectivity index (χ1) is 7.63. The second-order valence-corrected chi connectivity index (χ2v) is 4.00. The van der Waals surface area contributed by atoms with Crippen LogP contribution in [0.25, 0.3) is 0 Å². The van der Waals surface area contributed by atoms with Crippen LogP contribution in [0.5, 0.6) is 0 Å². The van der Waals surface area contributed by atoms with Crippen molar-refractivity contribution in [3.63, 3.8) is 0 Å². The number of carbonyl (C=O) groups excluding carboxylic acids is 1. The Kier molecular flexibility index (Phi) is 5.37. The van der Waals surface area contributed by atoms with Gasteiger partial charge in [0.1, 0.15) is 4.60 Å². The van der Waals surface area contributed by atoms with E-state index in [1.54, 1.807) is 12.1 Å². The highest BCUT2D eigenvalue weighted by molar-refractivity contribution is 9.10. The standard InChI is InChI=1S/C10H13BrN2O3/c1-16-6-8(14)5-13-10(15)7-2-3-12-9(11)4-7/h2-4,8,14H,5-6H2,1H3,(H,13,15). The molecule has 1 rings (SSSR count). The summed E-state index contributed by atoms with van der Waals surface area (Å²) in [6, 6.07) is 3.21. The van der Waals surface area contributed by atoms with Gasteiger partial charge in [-0.25, -0.2) is 4.98 Å². The van der Waals surface area contributed by atoms with Crippen LogP contribution in [-0.2, 0) is 4.74 Å². The molecule has 0 spiro atoms. The SMILES string of the molecule is COCC(O)CNC(=O)c1ccnc(Br)c1. The molecule has 1 heterocycles. The molecule has 16 heavy (non-hydrogen) atoms. The number of aromatic nitrogens is 1. The van der Waals surface area contributed by atoms with E-state index in [-0.39, 0.29) is 19.1 Å². The Bertz CT molecular complexity index is 360. The van der Waals surface area contributed by atoms with Crippen LogP contribution in [-0.4, -0.2) is 42.4 Å². The number of pyridine rings is 1. The molecule has 0 saturated heterocycles. The lowest BCUT2D eigenvalue weighted by Crippen LogP contribution is -2.34. The van der Waals surface area contributed by atoms with E-state index in [9.17, 15) is 9.90 Å². The molecule has 6 heteroatoms. The molecule has 0 aliphatic heterocycles. The number of aliphatic hydroxyl groups is 1. The molecule has 1 aromatic heterocycles. The van der Waals surface area contributed by atoms with Gasteiger partial charge < -0.3 is 15.2 Å². The summed E-state index contributed by atoms with van der Waals surface area (Å²) in [5.41, 5.74) is 0.492. The number of halogens is 1. The molecule has 0 aromatic carbocycles. The van der Waals surface area contributed by atoms with Gasteiger partial charge in [0, 0.05) is 25.4 Å². The van der Waals surface area contributed by atoms with E-state index in [0.29, 0.717) is 10.2 Å². The second kappa shape index (κ2) is 6.57. The van der Waals surface area contributed by atoms with E-state index in [1.165, 1.54) is 13.3 Å². The lowest BCUT2D eigenvalue weighted by Gasteiger charge is -2.10. The van der Waals surface area contributed by atoms with Gasteiger partial charge in [-0.3, -0.25) is 4.79 Å². The summed E-state index contributed by atoms with van der Waals surface area (Å²) in [5.74, 6) is -0.252. The zero-order valence-electron chi connectivity index (χ0n) is 8.81. The minimum absolute atomic E-state index is 0.159. The zero-order chi connectivity index (χ0) is 12.0. The summed E-state index contributed by atoms with van der Waals surface area (Å²) in [5, 5.41) is 11.9. The summed E-state index contributed by atoms with van der Waals surface area (Å²) in [6.45, 7) is 0.354. The van der Waals surface area contributed by atoms with E-state index in [2.05, 4.69) is 26.2 Å². The number of hydrogen-bond acceptors (Lipinski definition) is 4. The van der Waals surface area contributed by atoms with Gasteiger partial charge in [-0.2, -0.15) is 0 Å². The number of nitrogens with one attached hydrogen (secondary N) is 1. The molecule has 1 atom stereocenters. The van der Waals surface area contributed by atoms with Crippen LogP contribution < -0.4 is 5.32 Å². The normalized spacial score (nSPS) is 12.2. The average molecular weight is 289 g/mol. The van der Waals surface area contributed by atoms with Gasteiger partial charge >= 0.3 is 0 Å². The predicted octanol–water partition coefficient (Wildman–Crippen LogP) is 0.581. The summed E-state index contributed by atoms with van der Waals surface area (Å²) < 4.78 is 5.34. The van der Waals surface area contributed by atoms with Crippen LogP contribution in [0.1, 0.15) is 10.4 Å². The van der Waals surface area contributed by atoms with Crippen LogP contribution in [0.2, 0.25) is 0 Å². The second-order valence-electron chi connectivity index (χ2n) is 3.19. The molecule has 0 radical (unpaired) electrons. The van der Waals surface area contributed by atoms with Gasteiger partial charge in [0.05, 0.1) is 12.7 Å². The maximum absolute atomic E-state index is 11.6. The molecule has 2 N–H and O–H groups in total. The molecule has 1 unspecified atom stereocenters. The maximum atomic E-state index is 11.6. The fraction of sp³-hybridized carbons (Fsp3) is 0.400. The number of amides is 1. The summed E-state index contributed by atoms with van der Waals surface area (Å²) in [7, 11) is 1.49. The maximum Gasteiger partial charge on any atom is 0.251 e. The molecule has 88 valence electrons. The predicted molar refractivity (Wildman–Crippen MR) is 62.2 cm³/mol. The molecule has 1 aromatic rings. The minimum Gasteiger partial charge on any atom is -0.389 e. The minimum atomic E-state index is -0.695. The zero-order valence-corrected chi connectivity index (χ0v) is 10.4. The third kappa shape index (κ3) is 4.26. The van der Waals surface area contributed by atoms with Gasteiger partial charge in [-0.05, 0) is 28.1 Å². The number of carbonyl (C=O) groups is 1. The highest BCUT2D eigenvalue weighted by Gasteiger charge is 2.08. The molecular weight excluding hydrogens is 276 g/mol. The van der Waals surface area contributed by atoms with Crippen molar-refractivity contribution in [3.8, 4) is 0 Å². The third-order valence-electron chi connectivity index (χ3n) is 1.85. The fourth-order valence-electron chi connectivity index (χ4n) is 1.11. The van der Waals surface area contributed by atoms with Crippen LogP contribution in [0, 0.1) is 0 Å². The van der Waals surface area contributed by atoms with Gasteiger partial charge in [-0.1, -0.05) is 0 Å². The molecular formula is C10H13BrN2O3. The van der Waals surface area contributed by atoms with E-state index < -0.39 is 6.10 Å². The van der Waals surface area contributed by atoms with Crippen molar-refractivity contribution in [2.24, 2.45) is 0 Å². The number of aliphatic hydroxyl groups excluding tert-OH is 1. The van der Waals surface area contributed by atoms with Crippen molar-refractivity contribution in [2.45, 2.75) is 6.10 Å². The lowest BCUT2D eigenvalue weighted by molar-refractivity contribution is 0.0610. The van der Waals surface area contributed by atoms with E-state index >= 15 is 0 Å². The summed E-state index contributed by atoms with van der Waals surface area (Å²) in [6.07, 6.45) is 0.837. The third-order valence-corrected chi connectivity index (χ3v) is 2.28. The monoisotopic (exact) mass is 288 g/mol. The Labute approximate surface area is 102 Å². The van der Waals surface area contributed by atoms with Crippen molar-refractivity contribution < 1.29 is 14.6 Å². The van der Waals surface area contributed by atoms with Crippen LogP contribution in [0.4, 0.5) is 0 Å². The quantitative estimate of drug-likeness (QED) is 0.778. The van der Waals surface area contributed by atoms with Crippen LogP contribution in [0.3, 0.4) is 0 Å². The van der Waals surface area contributed by atoms with Crippen LogP contribution >= 0.6 is 15.9 Å². The summed E-state index contributed by atoms with van der Waals surface area (Å²) in [4.78, 5) is 15.5. The first-order valence-electron chi connectivity index (χ1n) is 4.70. The molecule has 1 amide bonds. The number of ether oxygens (including phenoxy) is 1. The topological polar surface area (TPSA) is 71.5 Å². The van der Waals surface area contributed by atoms with Crippen molar-refractivity contribution in [1.29, 1.82) is 0 Å². The van der Waals surface area contributed by atoms with Gasteiger partial charge in [0.2, 0.25) is 0 Å². The average Bonchev–Trinajstić information content (AvgIpc) is 2.26. The van der Waals surface area contributed by atoms with Crippen molar-refractivity contribution in [3.05, 3.63) is 28.5 Å². The van der Waals surface area contributed by atoms with Crippen molar-refractivity contribution in [1.82, 2.24) is 10.3 Å². The Morgan fingerprint density at radius 3 is 3.12 bits per heavy atom. The first kappa shape index (κ1) is 13.1. The molecule has 0 aliphatic carbocycles. The Morgan fingerprint density at radius 1 is 1.75 bits per heavy atom. The fourth-order valence-corrected chi connectivity index (χ4v) is 1.47. The van der Waals surface area contributed by atoms with Crippen molar-refractivity contribution >= 4 is 21.8 Å². The molecule has 0 fully saturated rings. The number of nitrogens with zero attached hydrogens (tertiary/aromatic N) is 1. The number of methoxy groups -OCH3 is 1. The van der Waals surface area contributed by atoms with Crippen LogP contribution in [0.15, 0.2) is 22.9 Å². The Balaban J connectivity index is 2.47. The first-order valence-corrected chi connectivity index (χ1v) is 5.49. The Hall–Kier alpha value is -0.980. The molecule has 0 saturated carbocycles. The number of hydrogen-bond donors (Lipinski definition) is 2. The van der Waals surface area contributed by atoms with Gasteiger partial charge in [0.25, 0.3) is 5.91 Å². The Morgan fingerprint density at radius 2 is 2.50 bits per heavy atom. The highest BCUT2D eigenvalue weighted by atomic mass is 79.9. The summed E-state index contributed by atoms with van der Waals surface area (Å²) >= 11 is 3.17. The molecule has 5 nitrogen and oxygen atoms in total. The number of rotatable bonds is 5. The largest absolute Gasteiger partial charge is 0.389 e. The van der Waals surface area contributed by atoms with Gasteiger partial charge in [0.15, 0.2) is 0 Å². The van der Waals surface area contributed by atoms with Crippen molar-refractivity contribution in [2.75, 3.05) is 20.3 Å². The van der Waals surface area contributed by atoms with E-state index in [1.807, 2.05) is 0 Å². The van der Waals surface area contributed by atoms with E-state index in [4.69, 9.17) is 4.74 Å². The lowest BCUT2D eigenvalue weighted by atomic mass is 10.2.